The molecule has 0 aliphatic rings. The Morgan fingerprint density at radius 3 is 2.61 bits per heavy atom. The van der Waals surface area contributed by atoms with Gasteiger partial charge in [0.25, 0.3) is 5.56 Å². The van der Waals surface area contributed by atoms with Crippen molar-refractivity contribution in [2.24, 2.45) is 0 Å². The molecule has 33 heavy (non-hydrogen) atoms. The summed E-state index contributed by atoms with van der Waals surface area (Å²) >= 11 is 11.9. The van der Waals surface area contributed by atoms with E-state index in [9.17, 15) is 9.59 Å². The number of carbonyl (C=O) groups excluding carboxylic acids is 1. The van der Waals surface area contributed by atoms with Gasteiger partial charge in [-0.25, -0.2) is 4.98 Å². The van der Waals surface area contributed by atoms with Gasteiger partial charge in [0.15, 0.2) is 23.9 Å². The first-order valence-electron chi connectivity index (χ1n) is 9.91. The molecule has 6 nitrogen and oxygen atoms in total. The number of methoxy groups -OCH3 is 1. The standard InChI is InChI=1S/C25H18Cl2N2O4/c1-32-23-12-15(7-11-24-28-20-5-3-2-4-17(20)25(31)29-24)6-10-22(23)33-14-21(30)16-8-9-18(26)19(27)13-16/h2-13H,14H2,1H3,(H,28,29,31)/b11-7+. The summed E-state index contributed by atoms with van der Waals surface area (Å²) in [5.41, 5.74) is 1.62. The van der Waals surface area contributed by atoms with Crippen LogP contribution in [-0.2, 0) is 0 Å². The minimum Gasteiger partial charge on any atom is -0.493 e. The first kappa shape index (κ1) is 22.6. The molecule has 0 bridgehead atoms. The summed E-state index contributed by atoms with van der Waals surface area (Å²) in [7, 11) is 1.51. The van der Waals surface area contributed by atoms with Crippen molar-refractivity contribution in [2.75, 3.05) is 13.7 Å². The van der Waals surface area contributed by atoms with Crippen LogP contribution < -0.4 is 15.0 Å². The minimum absolute atomic E-state index is 0.189. The molecule has 4 aromatic rings. The number of nitrogens with one attached hydrogen (secondary N) is 1. The Morgan fingerprint density at radius 2 is 1.82 bits per heavy atom. The highest BCUT2D eigenvalue weighted by Gasteiger charge is 2.12. The lowest BCUT2D eigenvalue weighted by molar-refractivity contribution is 0.0919. The molecule has 1 heterocycles. The number of halogens is 2. The van der Waals surface area contributed by atoms with Gasteiger partial charge in [-0.3, -0.25) is 9.59 Å². The number of aromatic nitrogens is 2. The Bertz CT molecular complexity index is 1430. The number of benzene rings is 3. The Kier molecular flexibility index (Phi) is 6.77. The van der Waals surface area contributed by atoms with Gasteiger partial charge < -0.3 is 14.5 Å². The van der Waals surface area contributed by atoms with E-state index in [0.717, 1.165) is 5.56 Å². The maximum absolute atomic E-state index is 12.4. The summed E-state index contributed by atoms with van der Waals surface area (Å²) < 4.78 is 11.1. The number of fused-ring (bicyclic) bond motifs is 1. The minimum atomic E-state index is -0.245. The third kappa shape index (κ3) is 5.25. The SMILES string of the molecule is COc1cc(/C=C/c2nc3ccccc3c(=O)[nH]2)ccc1OCC(=O)c1ccc(Cl)c(Cl)c1. The Morgan fingerprint density at radius 1 is 1.00 bits per heavy atom. The van der Waals surface area contributed by atoms with E-state index >= 15 is 0 Å². The topological polar surface area (TPSA) is 81.3 Å². The van der Waals surface area contributed by atoms with Crippen molar-refractivity contribution in [2.45, 2.75) is 0 Å². The van der Waals surface area contributed by atoms with Gasteiger partial charge >= 0.3 is 0 Å². The van der Waals surface area contributed by atoms with Crippen LogP contribution in [0.4, 0.5) is 0 Å². The smallest absolute Gasteiger partial charge is 0.259 e. The molecule has 0 unspecified atom stereocenters. The van der Waals surface area contributed by atoms with E-state index in [0.29, 0.717) is 43.8 Å². The molecule has 0 aliphatic carbocycles. The van der Waals surface area contributed by atoms with Gasteiger partial charge in [-0.2, -0.15) is 0 Å². The molecule has 0 fully saturated rings. The van der Waals surface area contributed by atoms with Gasteiger partial charge in [0, 0.05) is 5.56 Å². The Labute approximate surface area is 199 Å². The number of hydrogen-bond donors (Lipinski definition) is 1. The molecule has 0 saturated heterocycles. The molecule has 166 valence electrons. The molecule has 0 radical (unpaired) electrons. The second kappa shape index (κ2) is 9.90. The average molecular weight is 481 g/mol. The molecule has 0 saturated carbocycles. The lowest BCUT2D eigenvalue weighted by Gasteiger charge is -2.11. The highest BCUT2D eigenvalue weighted by Crippen LogP contribution is 2.29. The highest BCUT2D eigenvalue weighted by molar-refractivity contribution is 6.42. The fourth-order valence-corrected chi connectivity index (χ4v) is 3.46. The van der Waals surface area contributed by atoms with Gasteiger partial charge in [-0.15, -0.1) is 0 Å². The molecule has 3 aromatic carbocycles. The van der Waals surface area contributed by atoms with E-state index in [2.05, 4.69) is 9.97 Å². The van der Waals surface area contributed by atoms with E-state index in [1.165, 1.54) is 13.2 Å². The predicted molar refractivity (Wildman–Crippen MR) is 131 cm³/mol. The first-order chi connectivity index (χ1) is 15.9. The van der Waals surface area contributed by atoms with Crippen LogP contribution in [0, 0.1) is 0 Å². The van der Waals surface area contributed by atoms with Crippen LogP contribution in [0.25, 0.3) is 23.1 Å². The van der Waals surface area contributed by atoms with Crippen molar-refractivity contribution in [1.29, 1.82) is 0 Å². The molecule has 0 spiro atoms. The molecule has 0 atom stereocenters. The molecular formula is C25H18Cl2N2O4. The fourth-order valence-electron chi connectivity index (χ4n) is 3.16. The van der Waals surface area contributed by atoms with Crippen LogP contribution in [0.5, 0.6) is 11.5 Å². The predicted octanol–water partition coefficient (Wildman–Crippen LogP) is 5.67. The second-order valence-electron chi connectivity index (χ2n) is 7.05. The molecular weight excluding hydrogens is 463 g/mol. The van der Waals surface area contributed by atoms with Crippen LogP contribution in [0.2, 0.25) is 10.0 Å². The number of aromatic amines is 1. The summed E-state index contributed by atoms with van der Waals surface area (Å²) in [6, 6.07) is 17.1. The fraction of sp³-hybridized carbons (Fsp3) is 0.0800. The number of ether oxygens (including phenoxy) is 2. The third-order valence-corrected chi connectivity index (χ3v) is 5.59. The van der Waals surface area contributed by atoms with Crippen molar-refractivity contribution in [1.82, 2.24) is 9.97 Å². The van der Waals surface area contributed by atoms with Crippen LogP contribution in [-0.4, -0.2) is 29.5 Å². The van der Waals surface area contributed by atoms with Gasteiger partial charge in [0.1, 0.15) is 5.82 Å². The second-order valence-corrected chi connectivity index (χ2v) is 7.87. The van der Waals surface area contributed by atoms with Gasteiger partial charge in [0.05, 0.1) is 28.1 Å². The Hall–Kier alpha value is -3.61. The van der Waals surface area contributed by atoms with E-state index < -0.39 is 0 Å². The molecule has 1 aromatic heterocycles. The van der Waals surface area contributed by atoms with Crippen LogP contribution >= 0.6 is 23.2 Å². The largest absolute Gasteiger partial charge is 0.493 e. The van der Waals surface area contributed by atoms with Crippen molar-refractivity contribution in [3.05, 3.63) is 98.0 Å². The zero-order chi connectivity index (χ0) is 23.4. The summed E-state index contributed by atoms with van der Waals surface area (Å²) in [5, 5.41) is 1.22. The van der Waals surface area contributed by atoms with Crippen LogP contribution in [0.3, 0.4) is 0 Å². The number of carbonyl (C=O) groups is 1. The highest BCUT2D eigenvalue weighted by atomic mass is 35.5. The number of rotatable bonds is 7. The van der Waals surface area contributed by atoms with E-state index in [1.54, 1.807) is 60.7 Å². The Balaban J connectivity index is 1.49. The van der Waals surface area contributed by atoms with E-state index in [4.69, 9.17) is 32.7 Å². The zero-order valence-electron chi connectivity index (χ0n) is 17.5. The summed E-state index contributed by atoms with van der Waals surface area (Å²) in [6.45, 7) is -0.189. The van der Waals surface area contributed by atoms with Crippen LogP contribution in [0.15, 0.2) is 65.5 Å². The van der Waals surface area contributed by atoms with Crippen molar-refractivity contribution < 1.29 is 14.3 Å². The number of hydrogen-bond acceptors (Lipinski definition) is 5. The molecule has 4 rings (SSSR count). The summed E-state index contributed by atoms with van der Waals surface area (Å²) in [6.07, 6.45) is 3.50. The maximum Gasteiger partial charge on any atom is 0.259 e. The molecule has 0 aliphatic heterocycles. The number of nitrogens with zero attached hydrogens (tertiary/aromatic N) is 1. The molecule has 0 amide bonds. The van der Waals surface area contributed by atoms with Gasteiger partial charge in [0.2, 0.25) is 0 Å². The zero-order valence-corrected chi connectivity index (χ0v) is 19.0. The van der Waals surface area contributed by atoms with Gasteiger partial charge in [-0.1, -0.05) is 47.5 Å². The number of Topliss-reactive ketones (excluding diaryl/α,β-unsaturated/α-hetero) is 1. The lowest BCUT2D eigenvalue weighted by atomic mass is 10.1. The molecule has 8 heteroatoms. The monoisotopic (exact) mass is 480 g/mol. The lowest BCUT2D eigenvalue weighted by Crippen LogP contribution is -2.12. The van der Waals surface area contributed by atoms with Crippen molar-refractivity contribution in [3.63, 3.8) is 0 Å². The number of ketones is 1. The van der Waals surface area contributed by atoms with Crippen LogP contribution in [0.1, 0.15) is 21.7 Å². The number of H-pyrrole nitrogens is 1. The molecule has 1 N–H and O–H groups in total. The maximum atomic E-state index is 12.4. The van der Waals surface area contributed by atoms with E-state index in [1.807, 2.05) is 6.07 Å². The first-order valence-corrected chi connectivity index (χ1v) is 10.7. The van der Waals surface area contributed by atoms with Crippen molar-refractivity contribution in [3.8, 4) is 11.5 Å². The normalized spacial score (nSPS) is 11.1. The summed E-state index contributed by atoms with van der Waals surface area (Å²) in [4.78, 5) is 31.8. The van der Waals surface area contributed by atoms with E-state index in [-0.39, 0.29) is 17.9 Å². The average Bonchev–Trinajstić information content (AvgIpc) is 2.83. The number of para-hydroxylation sites is 1. The summed E-state index contributed by atoms with van der Waals surface area (Å²) in [5.74, 6) is 1.07. The van der Waals surface area contributed by atoms with Gasteiger partial charge in [-0.05, 0) is 54.1 Å². The van der Waals surface area contributed by atoms with Crippen molar-refractivity contribution >= 4 is 52.0 Å². The third-order valence-electron chi connectivity index (χ3n) is 4.85. The quantitative estimate of drug-likeness (QED) is 0.344.